The lowest BCUT2D eigenvalue weighted by Gasteiger charge is -2.33. The third-order valence-corrected chi connectivity index (χ3v) is 4.62. The van der Waals surface area contributed by atoms with Crippen LogP contribution < -0.4 is 10.2 Å². The highest BCUT2D eigenvalue weighted by Gasteiger charge is 2.33. The number of hydrogen-bond donors (Lipinski definition) is 1. The van der Waals surface area contributed by atoms with Crippen LogP contribution in [0.15, 0.2) is 18.3 Å². The summed E-state index contributed by atoms with van der Waals surface area (Å²) in [6.45, 7) is 3.40. The normalized spacial score (nSPS) is 19.0. The van der Waals surface area contributed by atoms with E-state index in [4.69, 9.17) is 0 Å². The fraction of sp³-hybridized carbons (Fsp3) is 0.500. The van der Waals surface area contributed by atoms with E-state index in [2.05, 4.69) is 25.4 Å². The molecule has 2 aromatic heterocycles. The van der Waals surface area contributed by atoms with E-state index in [1.165, 1.54) is 0 Å². The minimum absolute atomic E-state index is 0.0408. The van der Waals surface area contributed by atoms with E-state index in [0.29, 0.717) is 23.0 Å². The van der Waals surface area contributed by atoms with Gasteiger partial charge in [0.05, 0.1) is 11.9 Å². The van der Waals surface area contributed by atoms with Crippen molar-refractivity contribution in [3.63, 3.8) is 0 Å². The van der Waals surface area contributed by atoms with Crippen molar-refractivity contribution in [3.8, 4) is 0 Å². The Morgan fingerprint density at radius 1 is 1.30 bits per heavy atom. The molecule has 1 N–H and O–H groups in total. The molecule has 23 heavy (non-hydrogen) atoms. The lowest BCUT2D eigenvalue weighted by Crippen LogP contribution is -2.42. The fourth-order valence-electron chi connectivity index (χ4n) is 2.51. The summed E-state index contributed by atoms with van der Waals surface area (Å²) in [5.41, 5.74) is 0.850. The van der Waals surface area contributed by atoms with E-state index < -0.39 is 11.1 Å². The monoisotopic (exact) mass is 343 g/mol. The van der Waals surface area contributed by atoms with Gasteiger partial charge in [-0.2, -0.15) is 18.3 Å². The maximum Gasteiger partial charge on any atom is 0.427 e. The van der Waals surface area contributed by atoms with Gasteiger partial charge in [0.25, 0.3) is 0 Å². The molecule has 3 rings (SSSR count). The third-order valence-electron chi connectivity index (χ3n) is 3.64. The van der Waals surface area contributed by atoms with E-state index in [1.807, 2.05) is 19.1 Å². The molecular formula is C14H16F3N5S. The van der Waals surface area contributed by atoms with Crippen LogP contribution in [0.4, 0.5) is 24.1 Å². The molecule has 2 aromatic rings. The van der Waals surface area contributed by atoms with Crippen LogP contribution >= 0.6 is 11.3 Å². The Hall–Kier alpha value is -1.90. The van der Waals surface area contributed by atoms with Gasteiger partial charge in [-0.25, -0.2) is 4.98 Å². The number of halogens is 3. The molecule has 5 nitrogen and oxygen atoms in total. The van der Waals surface area contributed by atoms with E-state index in [1.54, 1.807) is 0 Å². The summed E-state index contributed by atoms with van der Waals surface area (Å²) in [5, 5.41) is 11.6. The molecule has 0 aromatic carbocycles. The first-order valence-electron chi connectivity index (χ1n) is 7.26. The van der Waals surface area contributed by atoms with Crippen LogP contribution in [0.5, 0.6) is 0 Å². The molecule has 0 saturated carbocycles. The van der Waals surface area contributed by atoms with Gasteiger partial charge in [0.1, 0.15) is 4.88 Å². The predicted octanol–water partition coefficient (Wildman–Crippen LogP) is 3.34. The molecular weight excluding hydrogens is 327 g/mol. The summed E-state index contributed by atoms with van der Waals surface area (Å²) in [4.78, 5) is 5.23. The van der Waals surface area contributed by atoms with Crippen molar-refractivity contribution in [3.05, 3.63) is 28.9 Å². The van der Waals surface area contributed by atoms with Crippen molar-refractivity contribution in [1.82, 2.24) is 15.2 Å². The van der Waals surface area contributed by atoms with Crippen molar-refractivity contribution in [2.24, 2.45) is 0 Å². The summed E-state index contributed by atoms with van der Waals surface area (Å²) in [7, 11) is 0. The molecule has 0 bridgehead atoms. The van der Waals surface area contributed by atoms with E-state index >= 15 is 0 Å². The van der Waals surface area contributed by atoms with Crippen LogP contribution in [-0.2, 0) is 6.18 Å². The Morgan fingerprint density at radius 3 is 2.78 bits per heavy atom. The summed E-state index contributed by atoms with van der Waals surface area (Å²) in [6.07, 6.45) is -1.64. The number of piperidine rings is 1. The molecule has 0 unspecified atom stereocenters. The number of nitrogens with zero attached hydrogens (tertiary/aromatic N) is 4. The number of thiazole rings is 1. The van der Waals surface area contributed by atoms with Crippen LogP contribution in [0.3, 0.4) is 0 Å². The van der Waals surface area contributed by atoms with Gasteiger partial charge in [-0.3, -0.25) is 0 Å². The fourth-order valence-corrected chi connectivity index (χ4v) is 3.27. The Bertz CT molecular complexity index is 655. The molecule has 3 heterocycles. The highest BCUT2D eigenvalue weighted by Crippen LogP contribution is 2.35. The average molecular weight is 343 g/mol. The Kier molecular flexibility index (Phi) is 4.38. The van der Waals surface area contributed by atoms with Crippen molar-refractivity contribution in [2.45, 2.75) is 32.0 Å². The van der Waals surface area contributed by atoms with Gasteiger partial charge < -0.3 is 10.2 Å². The number of anilines is 2. The number of nitrogens with one attached hydrogen (secondary N) is 1. The Labute approximate surface area is 135 Å². The van der Waals surface area contributed by atoms with Crippen LogP contribution in [0.2, 0.25) is 0 Å². The average Bonchev–Trinajstić information content (AvgIpc) is 2.97. The second-order valence-corrected chi connectivity index (χ2v) is 6.52. The van der Waals surface area contributed by atoms with Crippen molar-refractivity contribution in [2.75, 3.05) is 23.3 Å². The molecule has 1 aliphatic heterocycles. The second-order valence-electron chi connectivity index (χ2n) is 5.49. The van der Waals surface area contributed by atoms with Crippen molar-refractivity contribution >= 4 is 22.3 Å². The van der Waals surface area contributed by atoms with Crippen LogP contribution in [0, 0.1) is 6.92 Å². The highest BCUT2D eigenvalue weighted by molar-refractivity contribution is 7.15. The minimum Gasteiger partial charge on any atom is -0.357 e. The molecule has 0 amide bonds. The third kappa shape index (κ3) is 3.90. The van der Waals surface area contributed by atoms with Crippen LogP contribution in [0.1, 0.15) is 23.4 Å². The lowest BCUT2D eigenvalue weighted by atomic mass is 10.1. The van der Waals surface area contributed by atoms with Gasteiger partial charge in [0, 0.05) is 19.1 Å². The first kappa shape index (κ1) is 16.0. The van der Waals surface area contributed by atoms with Gasteiger partial charge in [-0.1, -0.05) is 11.3 Å². The number of alkyl halides is 3. The number of aromatic nitrogens is 3. The zero-order chi connectivity index (χ0) is 16.4. The molecule has 0 radical (unpaired) electrons. The summed E-state index contributed by atoms with van der Waals surface area (Å²) in [5.74, 6) is 0.789. The summed E-state index contributed by atoms with van der Waals surface area (Å²) >= 11 is 0.639. The molecule has 1 saturated heterocycles. The van der Waals surface area contributed by atoms with Gasteiger partial charge in [-0.05, 0) is 31.9 Å². The zero-order valence-electron chi connectivity index (χ0n) is 12.5. The molecule has 1 fully saturated rings. The first-order valence-corrected chi connectivity index (χ1v) is 8.08. The first-order chi connectivity index (χ1) is 10.9. The lowest BCUT2D eigenvalue weighted by molar-refractivity contribution is -0.134. The molecule has 1 atom stereocenters. The SMILES string of the molecule is Cc1ccc(N2CCC[C@@H](Nc3ncc(C(F)(F)F)s3)C2)nn1. The Balaban J connectivity index is 1.64. The standard InChI is InChI=1S/C14H16F3N5S/c1-9-4-5-12(21-20-9)22-6-2-3-10(8-22)19-13-18-7-11(23-13)14(15,16)17/h4-5,7,10H,2-3,6,8H2,1H3,(H,18,19)/t10-/m1/s1. The predicted molar refractivity (Wildman–Crippen MR) is 82.7 cm³/mol. The maximum atomic E-state index is 12.6. The van der Waals surface area contributed by atoms with E-state index in [-0.39, 0.29) is 6.04 Å². The van der Waals surface area contributed by atoms with Gasteiger partial charge in [0.2, 0.25) is 0 Å². The number of hydrogen-bond acceptors (Lipinski definition) is 6. The van der Waals surface area contributed by atoms with Crippen LogP contribution in [0.25, 0.3) is 0 Å². The highest BCUT2D eigenvalue weighted by atomic mass is 32.1. The van der Waals surface area contributed by atoms with Crippen molar-refractivity contribution in [1.29, 1.82) is 0 Å². The largest absolute Gasteiger partial charge is 0.427 e. The minimum atomic E-state index is -4.34. The number of aryl methyl sites for hydroxylation is 1. The van der Waals surface area contributed by atoms with Gasteiger partial charge >= 0.3 is 6.18 Å². The molecule has 0 spiro atoms. The topological polar surface area (TPSA) is 53.9 Å². The molecule has 0 aliphatic carbocycles. The van der Waals surface area contributed by atoms with E-state index in [9.17, 15) is 13.2 Å². The van der Waals surface area contributed by atoms with Crippen LogP contribution in [-0.4, -0.2) is 34.3 Å². The van der Waals surface area contributed by atoms with Gasteiger partial charge in [0.15, 0.2) is 10.9 Å². The summed E-state index contributed by atoms with van der Waals surface area (Å²) in [6, 6.07) is 3.85. The smallest absolute Gasteiger partial charge is 0.357 e. The maximum absolute atomic E-state index is 12.6. The van der Waals surface area contributed by atoms with Gasteiger partial charge in [-0.15, -0.1) is 5.10 Å². The second kappa shape index (κ2) is 6.31. The molecule has 1 aliphatic rings. The molecule has 124 valence electrons. The molecule has 9 heteroatoms. The quantitative estimate of drug-likeness (QED) is 0.926. The van der Waals surface area contributed by atoms with E-state index in [0.717, 1.165) is 37.1 Å². The Morgan fingerprint density at radius 2 is 2.13 bits per heavy atom. The van der Waals surface area contributed by atoms with Crippen molar-refractivity contribution < 1.29 is 13.2 Å². The zero-order valence-corrected chi connectivity index (χ0v) is 13.3. The summed E-state index contributed by atoms with van der Waals surface area (Å²) < 4.78 is 37.8. The number of rotatable bonds is 3.